The Morgan fingerprint density at radius 2 is 1.37 bits per heavy atom. The number of aliphatic hydroxyl groups excluding tert-OH is 1. The van der Waals surface area contributed by atoms with E-state index >= 15 is 4.79 Å². The maximum Gasteiger partial charge on any atom is 0.418 e. The van der Waals surface area contributed by atoms with Gasteiger partial charge in [-0.2, -0.15) is 0 Å². The van der Waals surface area contributed by atoms with Crippen LogP contribution in [0.2, 0.25) is 18.1 Å². The van der Waals surface area contributed by atoms with Crippen molar-refractivity contribution in [3.05, 3.63) is 119 Å². The minimum Gasteiger partial charge on any atom is -0.455 e. The molecule has 0 aromatic heterocycles. The fraction of sp³-hybridized carbons (Fsp3) is 0.500. The van der Waals surface area contributed by atoms with Crippen LogP contribution in [0.25, 0.3) is 0 Å². The summed E-state index contributed by atoms with van der Waals surface area (Å²) in [7, 11) is -2.54. The summed E-state index contributed by atoms with van der Waals surface area (Å²) in [5, 5.41) is 39.3. The molecule has 3 aromatic rings. The van der Waals surface area contributed by atoms with Crippen molar-refractivity contribution >= 4 is 38.0 Å². The van der Waals surface area contributed by atoms with Crippen molar-refractivity contribution in [3.63, 3.8) is 0 Å². The first-order valence-corrected chi connectivity index (χ1v) is 25.1. The van der Waals surface area contributed by atoms with Gasteiger partial charge in [0, 0.05) is 118 Å². The Labute approximate surface area is 464 Å². The topological polar surface area (TPSA) is 195 Å². The van der Waals surface area contributed by atoms with Crippen LogP contribution in [0.5, 0.6) is 0 Å². The Hall–Kier alpha value is -2.15. The zero-order valence-corrected chi connectivity index (χ0v) is 49.5. The number of ketones is 1. The van der Waals surface area contributed by atoms with Gasteiger partial charge in [-0.1, -0.05) is 101 Å². The van der Waals surface area contributed by atoms with E-state index < -0.39 is 115 Å². The maximum atomic E-state index is 15.6. The van der Waals surface area contributed by atoms with Gasteiger partial charge in [-0.25, -0.2) is 19.3 Å². The van der Waals surface area contributed by atoms with Gasteiger partial charge in [0.2, 0.25) is 6.10 Å². The fourth-order valence-corrected chi connectivity index (χ4v) is 14.5. The van der Waals surface area contributed by atoms with Crippen molar-refractivity contribution in [3.8, 4) is 0 Å². The van der Waals surface area contributed by atoms with Crippen molar-refractivity contribution in [1.29, 1.82) is 0 Å². The third-order valence-corrected chi connectivity index (χ3v) is 20.4. The van der Waals surface area contributed by atoms with Crippen molar-refractivity contribution in [2.24, 2.45) is 16.7 Å². The smallest absolute Gasteiger partial charge is 0.418 e. The number of hydrogen-bond donors (Lipinski definition) is 3. The van der Waals surface area contributed by atoms with Crippen LogP contribution in [0.15, 0.2) is 102 Å². The van der Waals surface area contributed by atoms with E-state index in [1.54, 1.807) is 107 Å². The van der Waals surface area contributed by atoms with Crippen molar-refractivity contribution < 1.29 is 151 Å². The van der Waals surface area contributed by atoms with E-state index in [9.17, 15) is 34.5 Å². The minimum atomic E-state index is -2.54. The molecular weight excluding hydrogens is 1300 g/mol. The van der Waals surface area contributed by atoms with Crippen LogP contribution < -0.4 is 0 Å². The average molecular weight is 1360 g/mol. The molecule has 67 heavy (non-hydrogen) atoms. The Morgan fingerprint density at radius 1 is 0.821 bits per heavy atom. The number of nitrogens with zero attached hydrogens (tertiary/aromatic N) is 1. The quantitative estimate of drug-likeness (QED) is 0.0817. The number of carbonyl (C=O) groups excluding carboxylic acids is 5. The molecule has 9 unspecified atom stereocenters. The summed E-state index contributed by atoms with van der Waals surface area (Å²) in [5.74, 6) is -4.73. The molecule has 2 saturated carbocycles. The van der Waals surface area contributed by atoms with E-state index in [1.807, 2.05) is 0 Å². The van der Waals surface area contributed by atoms with Crippen LogP contribution in [-0.2, 0) is 33.0 Å². The molecule has 4 fully saturated rings. The van der Waals surface area contributed by atoms with E-state index in [1.165, 1.54) is 12.1 Å². The largest absolute Gasteiger partial charge is 0.455 e. The number of cyclic esters (lactones) is 1. The number of esters is 2. The normalized spacial score (nSPS) is 33.0. The van der Waals surface area contributed by atoms with Crippen LogP contribution in [0.1, 0.15) is 93.6 Å². The number of imide groups is 1. The number of ether oxygens (including phenoxy) is 4. The summed E-state index contributed by atoms with van der Waals surface area (Å²) in [6, 6.07) is 25.6. The zero-order chi connectivity index (χ0) is 46.9. The SMILES string of the molecule is CC[Si](CC)(CC)O[C@H]1CC2OCC2(O)C2[C@H](OC(=O)c3ccccc3)C3(O)CC(OC(=O)C4OC(=O)N(C(=O)c5ccccc5)C4c4ccccc4)C(C)=C(C(O)C(=O)C21C)C3(C)C.[Ac].[Ac]. The minimum absolute atomic E-state index is 0. The number of carbonyl (C=O) groups is 5. The Kier molecular flexibility index (Phi) is 16.6. The maximum absolute atomic E-state index is 15.6. The first-order valence-electron chi connectivity index (χ1n) is 22.6. The second-order valence-electron chi connectivity index (χ2n) is 19.1. The molecular formula is C50H59Ac2NO13Si. The van der Waals surface area contributed by atoms with Gasteiger partial charge < -0.3 is 38.7 Å². The molecule has 11 atom stereocenters. The predicted octanol–water partition coefficient (Wildman–Crippen LogP) is 6.49. The van der Waals surface area contributed by atoms with Crippen molar-refractivity contribution in [2.45, 2.75) is 133 Å². The van der Waals surface area contributed by atoms with Gasteiger partial charge >= 0.3 is 18.0 Å². The zero-order valence-electron chi connectivity index (χ0n) is 39.0. The molecule has 0 spiro atoms. The van der Waals surface area contributed by atoms with Gasteiger partial charge in [-0.3, -0.25) is 9.59 Å². The summed E-state index contributed by atoms with van der Waals surface area (Å²) >= 11 is 0. The summed E-state index contributed by atoms with van der Waals surface area (Å²) in [6.07, 6.45) is -9.91. The second kappa shape index (κ2) is 20.5. The Balaban J connectivity index is 0.00000370. The molecule has 3 N–H and O–H groups in total. The van der Waals surface area contributed by atoms with Crippen LogP contribution >= 0.6 is 0 Å². The van der Waals surface area contributed by atoms with Crippen LogP contribution in [0.3, 0.4) is 0 Å². The number of benzene rings is 3. The van der Waals surface area contributed by atoms with Crippen LogP contribution in [0, 0.1) is 105 Å². The summed E-state index contributed by atoms with van der Waals surface area (Å²) in [6.45, 7) is 12.4. The molecule has 352 valence electrons. The number of fused-ring (bicyclic) bond motifs is 5. The van der Waals surface area contributed by atoms with Crippen molar-refractivity contribution in [2.75, 3.05) is 6.61 Å². The van der Waals surface area contributed by atoms with Gasteiger partial charge in [-0.05, 0) is 73.0 Å². The molecule has 5 aliphatic rings. The molecule has 2 amide bonds. The standard InChI is InChI=1S/C50H59NO13Si.2Ac/c1-8-65(9-2,10-3)64-34-26-35-49(58,28-60-35)40-42(63-44(55)32-24-18-13-19-25-32)50(59)27-33(29(4)36(47(50,5)6)38(52)41(53)48(34,40)7)61-45(56)39-37(30-20-14-11-15-21-30)51(46(57)62-39)43(54)31-22-16-12-17-23-31;;/h11-25,33-35,37-40,42,52,58-59H,8-10,26-28H2,1-7H3;;/t33?,34-,35?,37?,38?,39?,40?,42-,48?,49?,50?;;/m0../s1. The fourth-order valence-electron chi connectivity index (χ4n) is 11.6. The summed E-state index contributed by atoms with van der Waals surface area (Å²) < 4.78 is 31.7. The molecule has 2 radical (unpaired) electrons. The van der Waals surface area contributed by atoms with E-state index in [0.717, 1.165) is 23.0 Å². The first kappa shape index (κ1) is 54.2. The first-order chi connectivity index (χ1) is 30.8. The number of aliphatic hydroxyl groups is 3. The predicted molar refractivity (Wildman–Crippen MR) is 238 cm³/mol. The molecule has 8 rings (SSSR count). The van der Waals surface area contributed by atoms with Gasteiger partial charge in [0.1, 0.15) is 35.6 Å². The van der Waals surface area contributed by atoms with Gasteiger partial charge in [0.05, 0.1) is 29.8 Å². The molecule has 3 aliphatic carbocycles. The van der Waals surface area contributed by atoms with E-state index in [4.69, 9.17) is 23.4 Å². The van der Waals surface area contributed by atoms with Crippen LogP contribution in [-0.4, -0.2) is 113 Å². The molecule has 2 saturated heterocycles. The third-order valence-electron chi connectivity index (χ3n) is 15.8. The average Bonchev–Trinajstić information content (AvgIpc) is 3.66. The monoisotopic (exact) mass is 1360 g/mol. The number of amides is 2. The Morgan fingerprint density at radius 3 is 1.91 bits per heavy atom. The van der Waals surface area contributed by atoms with Crippen molar-refractivity contribution in [1.82, 2.24) is 4.90 Å². The third kappa shape index (κ3) is 8.88. The number of rotatable bonds is 11. The molecule has 2 bridgehead atoms. The number of hydrogen-bond acceptors (Lipinski definition) is 13. The molecule has 2 heterocycles. The summed E-state index contributed by atoms with van der Waals surface area (Å²) in [5.41, 5.74) is -6.44. The number of Topliss-reactive ketones (excluding diaryl/α,β-unsaturated/α-hetero) is 1. The van der Waals surface area contributed by atoms with E-state index in [2.05, 4.69) is 20.8 Å². The van der Waals surface area contributed by atoms with E-state index in [0.29, 0.717) is 5.56 Å². The second-order valence-corrected chi connectivity index (χ2v) is 23.8. The molecule has 17 heteroatoms. The Bertz CT molecular complexity index is 2380. The van der Waals surface area contributed by atoms with Crippen LogP contribution in [0.4, 0.5) is 4.79 Å². The van der Waals surface area contributed by atoms with Gasteiger partial charge in [0.25, 0.3) is 5.91 Å². The van der Waals surface area contributed by atoms with Gasteiger partial charge in [-0.15, -0.1) is 0 Å². The molecule has 3 aromatic carbocycles. The molecule has 14 nitrogen and oxygen atoms in total. The molecule has 2 aliphatic heterocycles. The summed E-state index contributed by atoms with van der Waals surface area (Å²) in [4.78, 5) is 73.2. The van der Waals surface area contributed by atoms with Gasteiger partial charge in [0.15, 0.2) is 14.1 Å². The van der Waals surface area contributed by atoms with E-state index in [-0.39, 0.29) is 123 Å².